The zero-order valence-electron chi connectivity index (χ0n) is 15.1. The minimum atomic E-state index is -3.70. The van der Waals surface area contributed by atoms with E-state index in [1.54, 1.807) is 4.90 Å². The molecule has 6 nitrogen and oxygen atoms in total. The molecule has 0 saturated carbocycles. The van der Waals surface area contributed by atoms with E-state index in [0.29, 0.717) is 26.1 Å². The molecule has 0 aliphatic carbocycles. The first-order valence-electron chi connectivity index (χ1n) is 8.57. The fourth-order valence-corrected chi connectivity index (χ4v) is 4.29. The average molecular weight is 408 g/mol. The molecule has 2 atom stereocenters. The number of nitrogens with two attached hydrogens (primary N) is 1. The normalized spacial score (nSPS) is 18.5. The number of sulfonamides is 1. The summed E-state index contributed by atoms with van der Waals surface area (Å²) in [7, 11) is -3.70. The van der Waals surface area contributed by atoms with Gasteiger partial charge in [-0.15, -0.1) is 12.4 Å². The minimum absolute atomic E-state index is 0. The molecule has 0 bridgehead atoms. The predicted molar refractivity (Wildman–Crippen MR) is 101 cm³/mol. The molecule has 1 aliphatic heterocycles. The fraction of sp³-hybridized carbons (Fsp3) is 0.588. The number of hydrogen-bond donors (Lipinski definition) is 1. The van der Waals surface area contributed by atoms with Crippen molar-refractivity contribution in [3.63, 3.8) is 0 Å². The maximum Gasteiger partial charge on any atom is 0.243 e. The third kappa shape index (κ3) is 5.16. The molecule has 148 valence electrons. The molecule has 2 N–H and O–H groups in total. The summed E-state index contributed by atoms with van der Waals surface area (Å²) in [6.07, 6.45) is 1.35. The number of nitrogens with zero attached hydrogens (tertiary/aromatic N) is 2. The SMILES string of the molecule is CCC(C)C(N)C(=O)N1CCCN(S(=O)(=O)c2ccc(F)cc2)CC1.Cl. The monoisotopic (exact) mass is 407 g/mol. The van der Waals surface area contributed by atoms with Gasteiger partial charge in [-0.2, -0.15) is 4.31 Å². The van der Waals surface area contributed by atoms with Crippen molar-refractivity contribution in [2.75, 3.05) is 26.2 Å². The summed E-state index contributed by atoms with van der Waals surface area (Å²) in [5.41, 5.74) is 6.02. The first kappa shape index (κ1) is 22.8. The molecule has 1 aliphatic rings. The maximum atomic E-state index is 13.0. The Kier molecular flexibility index (Phi) is 8.46. The summed E-state index contributed by atoms with van der Waals surface area (Å²) in [5, 5.41) is 0. The fourth-order valence-electron chi connectivity index (χ4n) is 2.82. The van der Waals surface area contributed by atoms with Gasteiger partial charge in [0.05, 0.1) is 10.9 Å². The topological polar surface area (TPSA) is 83.7 Å². The van der Waals surface area contributed by atoms with Crippen LogP contribution in [0.5, 0.6) is 0 Å². The van der Waals surface area contributed by atoms with Crippen molar-refractivity contribution in [1.29, 1.82) is 0 Å². The van der Waals surface area contributed by atoms with Gasteiger partial charge < -0.3 is 10.6 Å². The van der Waals surface area contributed by atoms with E-state index < -0.39 is 21.9 Å². The highest BCUT2D eigenvalue weighted by Gasteiger charge is 2.30. The second-order valence-corrected chi connectivity index (χ2v) is 8.39. The zero-order valence-corrected chi connectivity index (χ0v) is 16.7. The number of benzene rings is 1. The Hall–Kier alpha value is -1.22. The molecule has 1 saturated heterocycles. The predicted octanol–water partition coefficient (Wildman–Crippen LogP) is 1.84. The van der Waals surface area contributed by atoms with Gasteiger partial charge in [-0.1, -0.05) is 20.3 Å². The summed E-state index contributed by atoms with van der Waals surface area (Å²) < 4.78 is 39.8. The van der Waals surface area contributed by atoms with Gasteiger partial charge in [0.1, 0.15) is 5.82 Å². The molecule has 0 spiro atoms. The first-order valence-corrected chi connectivity index (χ1v) is 10.0. The summed E-state index contributed by atoms with van der Waals surface area (Å²) in [4.78, 5) is 14.2. The van der Waals surface area contributed by atoms with Gasteiger partial charge in [-0.05, 0) is 36.6 Å². The van der Waals surface area contributed by atoms with Crippen molar-refractivity contribution in [2.45, 2.75) is 37.6 Å². The number of carbonyl (C=O) groups is 1. The third-order valence-electron chi connectivity index (χ3n) is 4.76. The van der Waals surface area contributed by atoms with Crippen molar-refractivity contribution < 1.29 is 17.6 Å². The molecular formula is C17H27ClFN3O3S. The molecule has 1 aromatic carbocycles. The standard InChI is InChI=1S/C17H26FN3O3S.ClH/c1-3-13(2)16(19)17(22)20-9-4-10-21(12-11-20)25(23,24)15-7-5-14(18)6-8-15;/h5-8,13,16H,3-4,9-12,19H2,1-2H3;1H. The Bertz CT molecular complexity index is 700. The first-order chi connectivity index (χ1) is 11.8. The molecule has 1 fully saturated rings. The number of rotatable bonds is 5. The van der Waals surface area contributed by atoms with Crippen LogP contribution in [0.4, 0.5) is 4.39 Å². The van der Waals surface area contributed by atoms with Crippen LogP contribution in [0, 0.1) is 11.7 Å². The van der Waals surface area contributed by atoms with E-state index in [9.17, 15) is 17.6 Å². The molecule has 9 heteroatoms. The number of carbonyl (C=O) groups excluding carboxylic acids is 1. The van der Waals surface area contributed by atoms with Crippen LogP contribution in [0.3, 0.4) is 0 Å². The van der Waals surface area contributed by atoms with Crippen molar-refractivity contribution in [1.82, 2.24) is 9.21 Å². The van der Waals surface area contributed by atoms with E-state index in [1.165, 1.54) is 16.4 Å². The van der Waals surface area contributed by atoms with Crippen molar-refractivity contribution in [2.24, 2.45) is 11.7 Å². The Balaban J connectivity index is 0.00000338. The van der Waals surface area contributed by atoms with Gasteiger partial charge in [-0.3, -0.25) is 4.79 Å². The average Bonchev–Trinajstić information content (AvgIpc) is 2.86. The van der Waals surface area contributed by atoms with Crippen molar-refractivity contribution in [3.8, 4) is 0 Å². The summed E-state index contributed by atoms with van der Waals surface area (Å²) in [6, 6.07) is 4.22. The van der Waals surface area contributed by atoms with Crippen LogP contribution in [-0.4, -0.2) is 55.8 Å². The largest absolute Gasteiger partial charge is 0.340 e. The zero-order chi connectivity index (χ0) is 18.6. The quantitative estimate of drug-likeness (QED) is 0.807. The Morgan fingerprint density at radius 2 is 1.81 bits per heavy atom. The molecule has 1 amide bonds. The van der Waals surface area contributed by atoms with Crippen LogP contribution < -0.4 is 5.73 Å². The smallest absolute Gasteiger partial charge is 0.243 e. The van der Waals surface area contributed by atoms with Gasteiger partial charge in [0.25, 0.3) is 0 Å². The second kappa shape index (κ2) is 9.64. The van der Waals surface area contributed by atoms with E-state index in [0.717, 1.165) is 18.6 Å². The third-order valence-corrected chi connectivity index (χ3v) is 6.67. The lowest BCUT2D eigenvalue weighted by molar-refractivity contribution is -0.133. The van der Waals surface area contributed by atoms with Gasteiger partial charge >= 0.3 is 0 Å². The van der Waals surface area contributed by atoms with E-state index in [2.05, 4.69) is 0 Å². The Labute approximate surface area is 161 Å². The molecule has 0 aromatic heterocycles. The van der Waals surface area contributed by atoms with Gasteiger partial charge in [0, 0.05) is 26.2 Å². The van der Waals surface area contributed by atoms with Crippen LogP contribution >= 0.6 is 12.4 Å². The lowest BCUT2D eigenvalue weighted by atomic mass is 9.99. The second-order valence-electron chi connectivity index (χ2n) is 6.45. The molecule has 0 radical (unpaired) electrons. The van der Waals surface area contributed by atoms with Gasteiger partial charge in [0.2, 0.25) is 15.9 Å². The summed E-state index contributed by atoms with van der Waals surface area (Å²) in [5.74, 6) is -0.532. The van der Waals surface area contributed by atoms with Crippen molar-refractivity contribution >= 4 is 28.3 Å². The highest BCUT2D eigenvalue weighted by molar-refractivity contribution is 7.89. The van der Waals surface area contributed by atoms with Crippen LogP contribution in [0.15, 0.2) is 29.2 Å². The van der Waals surface area contributed by atoms with E-state index in [1.807, 2.05) is 13.8 Å². The lowest BCUT2D eigenvalue weighted by Crippen LogP contribution is -2.48. The molecule has 26 heavy (non-hydrogen) atoms. The molecule has 2 unspecified atom stereocenters. The van der Waals surface area contributed by atoms with Crippen LogP contribution in [-0.2, 0) is 14.8 Å². The lowest BCUT2D eigenvalue weighted by Gasteiger charge is -2.27. The van der Waals surface area contributed by atoms with Crippen molar-refractivity contribution in [3.05, 3.63) is 30.1 Å². The van der Waals surface area contributed by atoms with Gasteiger partial charge in [-0.25, -0.2) is 12.8 Å². The highest BCUT2D eigenvalue weighted by Crippen LogP contribution is 2.19. The highest BCUT2D eigenvalue weighted by atomic mass is 35.5. The summed E-state index contributed by atoms with van der Waals surface area (Å²) >= 11 is 0. The molecular weight excluding hydrogens is 381 g/mol. The van der Waals surface area contributed by atoms with E-state index in [4.69, 9.17) is 5.73 Å². The van der Waals surface area contributed by atoms with Crippen LogP contribution in [0.25, 0.3) is 0 Å². The Morgan fingerprint density at radius 3 is 2.38 bits per heavy atom. The molecule has 1 aromatic rings. The maximum absolute atomic E-state index is 13.0. The molecule has 2 rings (SSSR count). The van der Waals surface area contributed by atoms with Crippen LogP contribution in [0.1, 0.15) is 26.7 Å². The van der Waals surface area contributed by atoms with Gasteiger partial charge in [0.15, 0.2) is 0 Å². The van der Waals surface area contributed by atoms with E-state index in [-0.39, 0.29) is 35.7 Å². The summed E-state index contributed by atoms with van der Waals surface area (Å²) in [6.45, 7) is 5.24. The molecule has 1 heterocycles. The number of hydrogen-bond acceptors (Lipinski definition) is 4. The number of halogens is 2. The van der Waals surface area contributed by atoms with Crippen LogP contribution in [0.2, 0.25) is 0 Å². The number of amides is 1. The minimum Gasteiger partial charge on any atom is -0.340 e. The van der Waals surface area contributed by atoms with E-state index >= 15 is 0 Å². The Morgan fingerprint density at radius 1 is 1.19 bits per heavy atom.